The number of hydrogen-bond donors (Lipinski definition) is 0. The van der Waals surface area contributed by atoms with Crippen molar-refractivity contribution in [2.75, 3.05) is 0 Å². The Hall–Kier alpha value is -2.26. The van der Waals surface area contributed by atoms with Crippen molar-refractivity contribution < 1.29 is 0 Å². The molecule has 0 aliphatic rings. The third-order valence-electron chi connectivity index (χ3n) is 3.52. The van der Waals surface area contributed by atoms with E-state index in [1.807, 2.05) is 51.2 Å². The highest BCUT2D eigenvalue weighted by Gasteiger charge is 1.96. The molecule has 0 spiro atoms. The maximum Gasteiger partial charge on any atom is 0.0907 e. The van der Waals surface area contributed by atoms with Crippen molar-refractivity contribution in [3.05, 3.63) is 70.9 Å². The Labute approximate surface area is 148 Å². The molecular weight excluding hydrogens is 312 g/mol. The van der Waals surface area contributed by atoms with Gasteiger partial charge >= 0.3 is 0 Å². The highest BCUT2D eigenvalue weighted by atomic mass is 32.1. The Bertz CT molecular complexity index is 892. The Balaban J connectivity index is 0.000000160. The molecule has 0 aliphatic heterocycles. The second-order valence-corrected chi connectivity index (χ2v) is 6.58. The fourth-order valence-electron chi connectivity index (χ4n) is 2.38. The number of para-hydroxylation sites is 1. The zero-order valence-electron chi connectivity index (χ0n) is 15.0. The molecule has 2 aromatic heterocycles. The Morgan fingerprint density at radius 2 is 1.58 bits per heavy atom. The SMILES string of the molecule is CC.Cc1ccc2nccc(C)c2c1.Cc1nc2ccccc2s1. The summed E-state index contributed by atoms with van der Waals surface area (Å²) < 4.78 is 1.28. The number of hydrogen-bond acceptors (Lipinski definition) is 3. The molecule has 24 heavy (non-hydrogen) atoms. The van der Waals surface area contributed by atoms with E-state index in [4.69, 9.17) is 0 Å². The molecule has 0 fully saturated rings. The second kappa shape index (κ2) is 8.55. The van der Waals surface area contributed by atoms with Crippen molar-refractivity contribution in [2.45, 2.75) is 34.6 Å². The van der Waals surface area contributed by atoms with Gasteiger partial charge < -0.3 is 0 Å². The molecule has 0 amide bonds. The van der Waals surface area contributed by atoms with E-state index in [0.717, 1.165) is 16.0 Å². The largest absolute Gasteiger partial charge is 0.256 e. The zero-order valence-corrected chi connectivity index (χ0v) is 15.8. The first-order valence-electron chi connectivity index (χ1n) is 8.27. The summed E-state index contributed by atoms with van der Waals surface area (Å²) in [6.07, 6.45) is 1.85. The molecule has 4 aromatic rings. The highest BCUT2D eigenvalue weighted by molar-refractivity contribution is 7.18. The summed E-state index contributed by atoms with van der Waals surface area (Å²) in [7, 11) is 0. The van der Waals surface area contributed by atoms with Crippen LogP contribution in [0.4, 0.5) is 0 Å². The number of nitrogens with zero attached hydrogens (tertiary/aromatic N) is 2. The van der Waals surface area contributed by atoms with E-state index < -0.39 is 0 Å². The first-order chi connectivity index (χ1) is 11.6. The van der Waals surface area contributed by atoms with Gasteiger partial charge in [-0.15, -0.1) is 11.3 Å². The molecule has 0 saturated heterocycles. The van der Waals surface area contributed by atoms with Gasteiger partial charge in [0.15, 0.2) is 0 Å². The summed E-state index contributed by atoms with van der Waals surface area (Å²) in [5, 5.41) is 2.40. The molecule has 0 radical (unpaired) electrons. The maximum absolute atomic E-state index is 4.33. The molecule has 124 valence electrons. The Morgan fingerprint density at radius 1 is 0.833 bits per heavy atom. The summed E-state index contributed by atoms with van der Waals surface area (Å²) >= 11 is 1.74. The molecule has 0 N–H and O–H groups in total. The number of aromatic nitrogens is 2. The predicted octanol–water partition coefficient (Wildman–Crippen LogP) is 6.48. The monoisotopic (exact) mass is 336 g/mol. The van der Waals surface area contributed by atoms with Crippen molar-refractivity contribution in [3.63, 3.8) is 0 Å². The molecular formula is C21H24N2S. The van der Waals surface area contributed by atoms with E-state index in [2.05, 4.69) is 48.1 Å². The maximum atomic E-state index is 4.33. The van der Waals surface area contributed by atoms with E-state index in [-0.39, 0.29) is 0 Å². The molecule has 3 heteroatoms. The smallest absolute Gasteiger partial charge is 0.0907 e. The van der Waals surface area contributed by atoms with Gasteiger partial charge in [0.25, 0.3) is 0 Å². The van der Waals surface area contributed by atoms with Crippen LogP contribution in [0.1, 0.15) is 30.0 Å². The third-order valence-corrected chi connectivity index (χ3v) is 4.47. The number of thiazole rings is 1. The van der Waals surface area contributed by atoms with Gasteiger partial charge in [0.1, 0.15) is 0 Å². The molecule has 0 unspecified atom stereocenters. The first kappa shape index (κ1) is 18.1. The number of rotatable bonds is 0. The first-order valence-corrected chi connectivity index (χ1v) is 9.09. The van der Waals surface area contributed by atoms with Gasteiger partial charge in [0, 0.05) is 11.6 Å². The minimum absolute atomic E-state index is 1.08. The minimum Gasteiger partial charge on any atom is -0.256 e. The molecule has 0 saturated carbocycles. The predicted molar refractivity (Wildman–Crippen MR) is 107 cm³/mol. The number of pyridine rings is 1. The summed E-state index contributed by atoms with van der Waals surface area (Å²) in [4.78, 5) is 8.61. The minimum atomic E-state index is 1.08. The second-order valence-electron chi connectivity index (χ2n) is 5.35. The standard InChI is InChI=1S/C11H11N.C8H7NS.C2H6/c1-8-3-4-11-10(7-8)9(2)5-6-12-11;1-6-9-7-4-2-3-5-8(7)10-6;1-2/h3-7H,1-2H3;2-5H,1H3;1-2H3. The van der Waals surface area contributed by atoms with Crippen LogP contribution in [-0.4, -0.2) is 9.97 Å². The lowest BCUT2D eigenvalue weighted by Crippen LogP contribution is -1.82. The van der Waals surface area contributed by atoms with Gasteiger partial charge in [0.2, 0.25) is 0 Å². The summed E-state index contributed by atoms with van der Waals surface area (Å²) in [5.74, 6) is 0. The lowest BCUT2D eigenvalue weighted by molar-refractivity contribution is 1.35. The number of benzene rings is 2. The van der Waals surface area contributed by atoms with Crippen LogP contribution in [0.15, 0.2) is 54.7 Å². The van der Waals surface area contributed by atoms with E-state index in [1.165, 1.54) is 21.2 Å². The number of fused-ring (bicyclic) bond motifs is 2. The average Bonchev–Trinajstić information content (AvgIpc) is 2.98. The normalized spacial score (nSPS) is 9.88. The molecule has 2 aromatic carbocycles. The quantitative estimate of drug-likeness (QED) is 0.367. The van der Waals surface area contributed by atoms with Gasteiger partial charge in [-0.05, 0) is 56.7 Å². The van der Waals surface area contributed by atoms with E-state index in [0.29, 0.717) is 0 Å². The lowest BCUT2D eigenvalue weighted by Gasteiger charge is -2.00. The molecule has 2 nitrogen and oxygen atoms in total. The molecule has 4 rings (SSSR count). The van der Waals surface area contributed by atoms with E-state index >= 15 is 0 Å². The van der Waals surface area contributed by atoms with Crippen LogP contribution >= 0.6 is 11.3 Å². The van der Waals surface area contributed by atoms with E-state index in [9.17, 15) is 0 Å². The summed E-state index contributed by atoms with van der Waals surface area (Å²) in [6.45, 7) is 10.2. The summed E-state index contributed by atoms with van der Waals surface area (Å²) in [5.41, 5.74) is 4.79. The zero-order chi connectivity index (χ0) is 17.5. The van der Waals surface area contributed by atoms with Crippen LogP contribution in [0.3, 0.4) is 0 Å². The molecule has 2 heterocycles. The molecule has 0 bridgehead atoms. The van der Waals surface area contributed by atoms with Gasteiger partial charge in [-0.25, -0.2) is 4.98 Å². The summed E-state index contributed by atoms with van der Waals surface area (Å²) in [6, 6.07) is 16.6. The fourth-order valence-corrected chi connectivity index (χ4v) is 3.21. The van der Waals surface area contributed by atoms with Crippen LogP contribution in [0.25, 0.3) is 21.1 Å². The van der Waals surface area contributed by atoms with Crippen molar-refractivity contribution in [1.29, 1.82) is 0 Å². The molecule has 0 atom stereocenters. The van der Waals surface area contributed by atoms with Crippen LogP contribution < -0.4 is 0 Å². The van der Waals surface area contributed by atoms with Crippen LogP contribution in [0.2, 0.25) is 0 Å². The highest BCUT2D eigenvalue weighted by Crippen LogP contribution is 2.20. The van der Waals surface area contributed by atoms with Crippen molar-refractivity contribution in [1.82, 2.24) is 9.97 Å². The van der Waals surface area contributed by atoms with Crippen molar-refractivity contribution in [2.24, 2.45) is 0 Å². The Morgan fingerprint density at radius 3 is 2.33 bits per heavy atom. The van der Waals surface area contributed by atoms with Gasteiger partial charge in [-0.3, -0.25) is 4.98 Å². The van der Waals surface area contributed by atoms with E-state index in [1.54, 1.807) is 11.3 Å². The van der Waals surface area contributed by atoms with Gasteiger partial charge in [0.05, 0.1) is 20.7 Å². The van der Waals surface area contributed by atoms with Crippen LogP contribution in [-0.2, 0) is 0 Å². The number of aryl methyl sites for hydroxylation is 3. The van der Waals surface area contributed by atoms with Crippen LogP contribution in [0, 0.1) is 20.8 Å². The molecule has 0 aliphatic carbocycles. The lowest BCUT2D eigenvalue weighted by atomic mass is 10.1. The average molecular weight is 337 g/mol. The third kappa shape index (κ3) is 4.39. The van der Waals surface area contributed by atoms with Gasteiger partial charge in [-0.1, -0.05) is 37.6 Å². The fraction of sp³-hybridized carbons (Fsp3) is 0.238. The van der Waals surface area contributed by atoms with Crippen molar-refractivity contribution in [3.8, 4) is 0 Å². The van der Waals surface area contributed by atoms with Crippen molar-refractivity contribution >= 4 is 32.5 Å². The Kier molecular flexibility index (Phi) is 6.44. The van der Waals surface area contributed by atoms with Crippen LogP contribution in [0.5, 0.6) is 0 Å². The topological polar surface area (TPSA) is 25.8 Å². The van der Waals surface area contributed by atoms with Gasteiger partial charge in [-0.2, -0.15) is 0 Å².